The molecule has 1 aliphatic rings. The quantitative estimate of drug-likeness (QED) is 0.177. The van der Waals surface area contributed by atoms with Crippen LogP contribution in [0.1, 0.15) is 135 Å². The second-order valence-corrected chi connectivity index (χ2v) is 9.04. The van der Waals surface area contributed by atoms with E-state index < -0.39 is 12.6 Å². The molecule has 0 amide bonds. The maximum absolute atomic E-state index is 12.0. The van der Waals surface area contributed by atoms with Crippen LogP contribution in [0.3, 0.4) is 0 Å². The van der Waals surface area contributed by atoms with Gasteiger partial charge in [-0.3, -0.25) is 0 Å². The highest BCUT2D eigenvalue weighted by atomic mass is 19.4. The minimum Gasteiger partial charge on any atom is -0.353 e. The van der Waals surface area contributed by atoms with Crippen molar-refractivity contribution in [3.8, 4) is 0 Å². The van der Waals surface area contributed by atoms with Gasteiger partial charge in [0.15, 0.2) is 6.29 Å². The maximum Gasteiger partial charge on any atom is 0.389 e. The normalized spacial score (nSPS) is 17.5. The molecule has 2 nitrogen and oxygen atoms in total. The molecule has 0 aliphatic carbocycles. The van der Waals surface area contributed by atoms with E-state index in [1.807, 2.05) is 0 Å². The van der Waals surface area contributed by atoms with Crippen LogP contribution in [0.15, 0.2) is 0 Å². The maximum atomic E-state index is 12.0. The van der Waals surface area contributed by atoms with Crippen LogP contribution < -0.4 is 0 Å². The summed E-state index contributed by atoms with van der Waals surface area (Å²) < 4.78 is 47.4. The molecule has 180 valence electrons. The average molecular weight is 437 g/mol. The van der Waals surface area contributed by atoms with Gasteiger partial charge in [-0.05, 0) is 32.1 Å². The molecule has 0 radical (unpaired) electrons. The van der Waals surface area contributed by atoms with Crippen molar-refractivity contribution in [1.82, 2.24) is 0 Å². The van der Waals surface area contributed by atoms with Crippen LogP contribution in [0, 0.1) is 0 Å². The van der Waals surface area contributed by atoms with Gasteiger partial charge in [0.25, 0.3) is 0 Å². The highest BCUT2D eigenvalue weighted by Gasteiger charge is 2.25. The Hall–Kier alpha value is -0.290. The van der Waals surface area contributed by atoms with Crippen LogP contribution >= 0.6 is 0 Å². The predicted molar refractivity (Wildman–Crippen MR) is 119 cm³/mol. The lowest BCUT2D eigenvalue weighted by Gasteiger charge is -2.22. The zero-order valence-corrected chi connectivity index (χ0v) is 19.3. The van der Waals surface area contributed by atoms with E-state index in [-0.39, 0.29) is 6.29 Å². The van der Waals surface area contributed by atoms with Crippen LogP contribution in [0.4, 0.5) is 13.2 Å². The summed E-state index contributed by atoms with van der Waals surface area (Å²) in [7, 11) is 0. The van der Waals surface area contributed by atoms with Crippen molar-refractivity contribution in [3.05, 3.63) is 0 Å². The highest BCUT2D eigenvalue weighted by molar-refractivity contribution is 4.55. The van der Waals surface area contributed by atoms with Crippen molar-refractivity contribution in [1.29, 1.82) is 0 Å². The fraction of sp³-hybridized carbons (Fsp3) is 1.00. The lowest BCUT2D eigenvalue weighted by Crippen LogP contribution is -2.22. The second kappa shape index (κ2) is 19.4. The SMILES string of the molecule is FC(F)(F)CCCCCCCCCCCCCCCCCCCOC1CCCCO1. The first kappa shape index (κ1) is 27.7. The summed E-state index contributed by atoms with van der Waals surface area (Å²) >= 11 is 0. The van der Waals surface area contributed by atoms with E-state index in [0.717, 1.165) is 45.3 Å². The molecule has 0 N–H and O–H groups in total. The lowest BCUT2D eigenvalue weighted by atomic mass is 10.0. The minimum atomic E-state index is -3.97. The summed E-state index contributed by atoms with van der Waals surface area (Å²) in [5, 5.41) is 0. The van der Waals surface area contributed by atoms with E-state index in [4.69, 9.17) is 9.47 Å². The highest BCUT2D eigenvalue weighted by Crippen LogP contribution is 2.23. The number of rotatable bonds is 20. The Bertz CT molecular complexity index is 355. The fourth-order valence-electron chi connectivity index (χ4n) is 4.14. The molecule has 1 atom stereocenters. The van der Waals surface area contributed by atoms with Crippen LogP contribution in [0.25, 0.3) is 0 Å². The molecule has 30 heavy (non-hydrogen) atoms. The van der Waals surface area contributed by atoms with Gasteiger partial charge in [0, 0.05) is 19.6 Å². The van der Waals surface area contributed by atoms with Crippen molar-refractivity contribution in [3.63, 3.8) is 0 Å². The number of hydrogen-bond donors (Lipinski definition) is 0. The van der Waals surface area contributed by atoms with Crippen molar-refractivity contribution in [2.45, 2.75) is 147 Å². The zero-order chi connectivity index (χ0) is 21.8. The first-order valence-electron chi connectivity index (χ1n) is 12.9. The number of halogens is 3. The van der Waals surface area contributed by atoms with Gasteiger partial charge in [0.2, 0.25) is 0 Å². The summed E-state index contributed by atoms with van der Waals surface area (Å²) in [6.07, 6.45) is 19.0. The monoisotopic (exact) mass is 436 g/mol. The largest absolute Gasteiger partial charge is 0.389 e. The third-order valence-electron chi connectivity index (χ3n) is 6.05. The van der Waals surface area contributed by atoms with E-state index in [0.29, 0.717) is 6.42 Å². The van der Waals surface area contributed by atoms with Gasteiger partial charge in [0.05, 0.1) is 0 Å². The molecule has 5 heteroatoms. The molecule has 0 aromatic carbocycles. The Labute approximate surface area is 183 Å². The third kappa shape index (κ3) is 19.7. The predicted octanol–water partition coefficient (Wildman–Crippen LogP) is 9.11. The molecule has 0 aromatic heterocycles. The summed E-state index contributed by atoms with van der Waals surface area (Å²) in [6, 6.07) is 0. The Kier molecular flexibility index (Phi) is 17.9. The molecule has 0 aromatic rings. The van der Waals surface area contributed by atoms with Crippen LogP contribution in [0.5, 0.6) is 0 Å². The summed E-state index contributed by atoms with van der Waals surface area (Å²) in [6.45, 7) is 1.71. The van der Waals surface area contributed by atoms with Gasteiger partial charge in [-0.15, -0.1) is 0 Å². The lowest BCUT2D eigenvalue weighted by molar-refractivity contribution is -0.162. The Morgan fingerprint density at radius 1 is 0.600 bits per heavy atom. The van der Waals surface area contributed by atoms with Crippen molar-refractivity contribution in [2.24, 2.45) is 0 Å². The van der Waals surface area contributed by atoms with Gasteiger partial charge < -0.3 is 9.47 Å². The first-order valence-corrected chi connectivity index (χ1v) is 12.9. The van der Waals surface area contributed by atoms with Crippen molar-refractivity contribution in [2.75, 3.05) is 13.2 Å². The average Bonchev–Trinajstić information content (AvgIpc) is 2.72. The van der Waals surface area contributed by atoms with Crippen LogP contribution in [0.2, 0.25) is 0 Å². The van der Waals surface area contributed by atoms with Crippen LogP contribution in [-0.2, 0) is 9.47 Å². The topological polar surface area (TPSA) is 18.5 Å². The molecular weight excluding hydrogens is 389 g/mol. The van der Waals surface area contributed by atoms with Gasteiger partial charge >= 0.3 is 6.18 Å². The molecule has 1 heterocycles. The van der Waals surface area contributed by atoms with E-state index >= 15 is 0 Å². The molecule has 0 bridgehead atoms. The Balaban J connectivity index is 1.65. The van der Waals surface area contributed by atoms with E-state index in [9.17, 15) is 13.2 Å². The molecular formula is C25H47F3O2. The summed E-state index contributed by atoms with van der Waals surface area (Å²) in [4.78, 5) is 0. The molecule has 1 aliphatic heterocycles. The first-order chi connectivity index (χ1) is 14.6. The summed E-state index contributed by atoms with van der Waals surface area (Å²) in [5.41, 5.74) is 0. The molecule has 0 spiro atoms. The number of unbranched alkanes of at least 4 members (excludes halogenated alkanes) is 16. The van der Waals surface area contributed by atoms with E-state index in [1.165, 1.54) is 89.9 Å². The standard InChI is InChI=1S/C25H47F3O2/c26-25(27,28)21-17-14-12-10-8-6-4-2-1-3-5-7-9-11-13-15-18-22-29-24-20-16-19-23-30-24/h24H,1-23H2. The Morgan fingerprint density at radius 3 is 1.43 bits per heavy atom. The number of ether oxygens (including phenoxy) is 2. The van der Waals surface area contributed by atoms with E-state index in [1.54, 1.807) is 0 Å². The van der Waals surface area contributed by atoms with Gasteiger partial charge in [-0.2, -0.15) is 13.2 Å². The molecule has 0 saturated carbocycles. The Morgan fingerprint density at radius 2 is 1.03 bits per heavy atom. The zero-order valence-electron chi connectivity index (χ0n) is 19.3. The smallest absolute Gasteiger partial charge is 0.353 e. The molecule has 1 fully saturated rings. The second-order valence-electron chi connectivity index (χ2n) is 9.04. The van der Waals surface area contributed by atoms with Gasteiger partial charge in [-0.1, -0.05) is 96.3 Å². The minimum absolute atomic E-state index is 0.0652. The van der Waals surface area contributed by atoms with Gasteiger partial charge in [0.1, 0.15) is 0 Å². The van der Waals surface area contributed by atoms with Gasteiger partial charge in [-0.25, -0.2) is 0 Å². The van der Waals surface area contributed by atoms with Crippen LogP contribution in [-0.4, -0.2) is 25.7 Å². The number of hydrogen-bond acceptors (Lipinski definition) is 2. The summed E-state index contributed by atoms with van der Waals surface area (Å²) in [5.74, 6) is 0. The molecule has 1 rings (SSSR count). The van der Waals surface area contributed by atoms with E-state index in [2.05, 4.69) is 0 Å². The number of alkyl halides is 3. The molecule has 1 saturated heterocycles. The fourth-order valence-corrected chi connectivity index (χ4v) is 4.14. The van der Waals surface area contributed by atoms with Crippen molar-refractivity contribution < 1.29 is 22.6 Å². The third-order valence-corrected chi connectivity index (χ3v) is 6.05. The molecule has 1 unspecified atom stereocenters. The van der Waals surface area contributed by atoms with Crippen molar-refractivity contribution >= 4 is 0 Å².